The fourth-order valence-electron chi connectivity index (χ4n) is 4.19. The van der Waals surface area contributed by atoms with Crippen LogP contribution >= 0.6 is 23.2 Å². The first-order valence-electron chi connectivity index (χ1n) is 11.3. The number of rotatable bonds is 6. The van der Waals surface area contributed by atoms with Gasteiger partial charge in [0.15, 0.2) is 22.9 Å². The highest BCUT2D eigenvalue weighted by Crippen LogP contribution is 2.24. The normalized spacial score (nSPS) is 11.5. The molecule has 0 unspecified atom stereocenters. The summed E-state index contributed by atoms with van der Waals surface area (Å²) in [5.41, 5.74) is 7.80. The second-order valence-electron chi connectivity index (χ2n) is 8.60. The molecule has 6 aromatic rings. The van der Waals surface area contributed by atoms with Crippen LogP contribution < -0.4 is 0 Å². The molecule has 172 valence electrons. The molecule has 35 heavy (non-hydrogen) atoms. The van der Waals surface area contributed by atoms with Crippen LogP contribution in [-0.4, -0.2) is 9.97 Å². The van der Waals surface area contributed by atoms with E-state index in [1.165, 1.54) is 0 Å². The van der Waals surface area contributed by atoms with E-state index >= 15 is 0 Å². The van der Waals surface area contributed by atoms with Crippen LogP contribution in [0.1, 0.15) is 34.0 Å². The second kappa shape index (κ2) is 9.21. The van der Waals surface area contributed by atoms with Crippen molar-refractivity contribution < 1.29 is 8.83 Å². The summed E-state index contributed by atoms with van der Waals surface area (Å²) in [5.74, 6) is 1.38. The molecular formula is C29H20Cl2N2O2. The molecule has 4 aromatic carbocycles. The molecule has 0 atom stereocenters. The first kappa shape index (κ1) is 21.9. The van der Waals surface area contributed by atoms with Gasteiger partial charge < -0.3 is 8.83 Å². The Morgan fingerprint density at radius 3 is 1.31 bits per heavy atom. The minimum Gasteiger partial charge on any atom is -0.440 e. The van der Waals surface area contributed by atoms with Crippen molar-refractivity contribution in [2.75, 3.05) is 0 Å². The molecule has 0 radical (unpaired) electrons. The molecular weight excluding hydrogens is 479 g/mol. The van der Waals surface area contributed by atoms with Gasteiger partial charge in [-0.2, -0.15) is 0 Å². The van der Waals surface area contributed by atoms with E-state index in [0.29, 0.717) is 24.6 Å². The van der Waals surface area contributed by atoms with Gasteiger partial charge in [0.1, 0.15) is 11.0 Å². The fourth-order valence-corrected chi connectivity index (χ4v) is 4.45. The maximum Gasteiger partial charge on any atom is 0.199 e. The summed E-state index contributed by atoms with van der Waals surface area (Å²) < 4.78 is 12.1. The molecule has 0 spiro atoms. The van der Waals surface area contributed by atoms with Crippen molar-refractivity contribution in [3.05, 3.63) is 129 Å². The average Bonchev–Trinajstić information content (AvgIpc) is 3.44. The SMILES string of the molecule is Clc1ccc(Cc2nc3ccc(Cc4ccc5nc(Cc6ccc(Cl)cc6)oc5c4)cc3o2)cc1. The van der Waals surface area contributed by atoms with Crippen LogP contribution in [0.2, 0.25) is 10.0 Å². The van der Waals surface area contributed by atoms with Gasteiger partial charge in [0.2, 0.25) is 0 Å². The Labute approximate surface area is 212 Å². The molecule has 0 fully saturated rings. The van der Waals surface area contributed by atoms with Crippen LogP contribution in [0.3, 0.4) is 0 Å². The van der Waals surface area contributed by atoms with E-state index in [4.69, 9.17) is 32.0 Å². The lowest BCUT2D eigenvalue weighted by Gasteiger charge is -2.01. The third-order valence-corrected chi connectivity index (χ3v) is 6.44. The van der Waals surface area contributed by atoms with E-state index in [9.17, 15) is 0 Å². The average molecular weight is 499 g/mol. The van der Waals surface area contributed by atoms with Crippen LogP contribution in [0.4, 0.5) is 0 Å². The highest BCUT2D eigenvalue weighted by molar-refractivity contribution is 6.30. The maximum absolute atomic E-state index is 6.04. The summed E-state index contributed by atoms with van der Waals surface area (Å²) in [6.45, 7) is 0. The van der Waals surface area contributed by atoms with Gasteiger partial charge in [0.05, 0.1) is 0 Å². The molecule has 6 rings (SSSR count). The van der Waals surface area contributed by atoms with E-state index in [1.54, 1.807) is 0 Å². The number of fused-ring (bicyclic) bond motifs is 2. The smallest absolute Gasteiger partial charge is 0.199 e. The summed E-state index contributed by atoms with van der Waals surface area (Å²) in [4.78, 5) is 9.26. The monoisotopic (exact) mass is 498 g/mol. The lowest BCUT2D eigenvalue weighted by Crippen LogP contribution is -1.88. The minimum atomic E-state index is 0.627. The fraction of sp³-hybridized carbons (Fsp3) is 0.103. The Bertz CT molecular complexity index is 1510. The van der Waals surface area contributed by atoms with E-state index in [0.717, 1.165) is 60.9 Å². The van der Waals surface area contributed by atoms with Gasteiger partial charge in [-0.25, -0.2) is 9.97 Å². The summed E-state index contributed by atoms with van der Waals surface area (Å²) in [7, 11) is 0. The van der Waals surface area contributed by atoms with Crippen molar-refractivity contribution in [1.29, 1.82) is 0 Å². The van der Waals surface area contributed by atoms with Crippen LogP contribution in [0, 0.1) is 0 Å². The van der Waals surface area contributed by atoms with Gasteiger partial charge in [-0.15, -0.1) is 0 Å². The second-order valence-corrected chi connectivity index (χ2v) is 9.48. The molecule has 0 bridgehead atoms. The van der Waals surface area contributed by atoms with Gasteiger partial charge in [-0.1, -0.05) is 59.6 Å². The Morgan fingerprint density at radius 2 is 0.886 bits per heavy atom. The Kier molecular flexibility index (Phi) is 5.77. The number of halogens is 2. The molecule has 6 heteroatoms. The number of oxazole rings is 2. The van der Waals surface area contributed by atoms with Crippen molar-refractivity contribution >= 4 is 45.4 Å². The summed E-state index contributed by atoms with van der Waals surface area (Å²) in [6, 6.07) is 27.8. The standard InChI is InChI=1S/C29H20Cl2N2O2/c30-22-7-1-18(2-8-22)16-28-32-24-11-5-20(14-26(24)34-28)13-21-6-12-25-27(15-21)35-29(33-25)17-19-3-9-23(31)10-4-19/h1-12,14-15H,13,16-17H2. The van der Waals surface area contributed by atoms with Crippen molar-refractivity contribution in [2.24, 2.45) is 0 Å². The first-order chi connectivity index (χ1) is 17.1. The van der Waals surface area contributed by atoms with Gasteiger partial charge >= 0.3 is 0 Å². The molecule has 4 nitrogen and oxygen atoms in total. The van der Waals surface area contributed by atoms with E-state index in [2.05, 4.69) is 34.2 Å². The van der Waals surface area contributed by atoms with E-state index in [-0.39, 0.29) is 0 Å². The number of nitrogens with zero attached hydrogens (tertiary/aromatic N) is 2. The van der Waals surface area contributed by atoms with Crippen LogP contribution in [0.15, 0.2) is 93.8 Å². The number of aromatic nitrogens is 2. The molecule has 0 saturated heterocycles. The summed E-state index contributed by atoms with van der Waals surface area (Å²) in [5, 5.41) is 1.44. The van der Waals surface area contributed by atoms with Gasteiger partial charge in [-0.3, -0.25) is 0 Å². The van der Waals surface area contributed by atoms with Crippen LogP contribution in [-0.2, 0) is 19.3 Å². The number of benzene rings is 4. The lowest BCUT2D eigenvalue weighted by atomic mass is 10.0. The van der Waals surface area contributed by atoms with Crippen molar-refractivity contribution in [1.82, 2.24) is 9.97 Å². The summed E-state index contributed by atoms with van der Waals surface area (Å²) in [6.07, 6.45) is 2.01. The van der Waals surface area contributed by atoms with Crippen molar-refractivity contribution in [3.63, 3.8) is 0 Å². The zero-order valence-electron chi connectivity index (χ0n) is 18.7. The maximum atomic E-state index is 6.04. The highest BCUT2D eigenvalue weighted by atomic mass is 35.5. The van der Waals surface area contributed by atoms with Crippen LogP contribution in [0.25, 0.3) is 22.2 Å². The first-order valence-corrected chi connectivity index (χ1v) is 12.1. The zero-order chi connectivity index (χ0) is 23.8. The molecule has 0 amide bonds. The molecule has 2 heterocycles. The Balaban J connectivity index is 1.19. The number of hydrogen-bond donors (Lipinski definition) is 0. The Morgan fingerprint density at radius 1 is 0.486 bits per heavy atom. The molecule has 0 aliphatic heterocycles. The molecule has 0 aliphatic rings. The predicted octanol–water partition coefficient (Wildman–Crippen LogP) is 8.05. The molecule has 0 aliphatic carbocycles. The lowest BCUT2D eigenvalue weighted by molar-refractivity contribution is 0.543. The van der Waals surface area contributed by atoms with Crippen LogP contribution in [0.5, 0.6) is 0 Å². The molecule has 0 saturated carbocycles. The van der Waals surface area contributed by atoms with E-state index < -0.39 is 0 Å². The van der Waals surface area contributed by atoms with Gasteiger partial charge in [0.25, 0.3) is 0 Å². The third-order valence-electron chi connectivity index (χ3n) is 5.94. The third kappa shape index (κ3) is 4.95. The molecule has 0 N–H and O–H groups in total. The molecule has 2 aromatic heterocycles. The topological polar surface area (TPSA) is 52.1 Å². The van der Waals surface area contributed by atoms with Gasteiger partial charge in [0, 0.05) is 22.9 Å². The summed E-state index contributed by atoms with van der Waals surface area (Å²) >= 11 is 12.0. The minimum absolute atomic E-state index is 0.627. The largest absolute Gasteiger partial charge is 0.440 e. The number of hydrogen-bond acceptors (Lipinski definition) is 4. The van der Waals surface area contributed by atoms with Crippen molar-refractivity contribution in [3.8, 4) is 0 Å². The highest BCUT2D eigenvalue weighted by Gasteiger charge is 2.11. The predicted molar refractivity (Wildman–Crippen MR) is 139 cm³/mol. The quantitative estimate of drug-likeness (QED) is 0.233. The zero-order valence-corrected chi connectivity index (χ0v) is 20.2. The van der Waals surface area contributed by atoms with Gasteiger partial charge in [-0.05, 0) is 77.2 Å². The van der Waals surface area contributed by atoms with Crippen molar-refractivity contribution in [2.45, 2.75) is 19.3 Å². The van der Waals surface area contributed by atoms with E-state index in [1.807, 2.05) is 60.7 Å². The Hall–Kier alpha value is -3.60.